The Morgan fingerprint density at radius 1 is 1.08 bits per heavy atom. The van der Waals surface area contributed by atoms with Crippen molar-refractivity contribution in [1.82, 2.24) is 5.32 Å². The topological polar surface area (TPSA) is 47.6 Å². The number of ether oxygens (including phenoxy) is 2. The number of carbonyl (C=O) groups is 1. The van der Waals surface area contributed by atoms with Crippen LogP contribution in [-0.4, -0.2) is 31.3 Å². The van der Waals surface area contributed by atoms with Gasteiger partial charge in [-0.2, -0.15) is 0 Å². The summed E-state index contributed by atoms with van der Waals surface area (Å²) in [5.41, 5.74) is 4.56. The van der Waals surface area contributed by atoms with Gasteiger partial charge in [-0.3, -0.25) is 0 Å². The molecule has 3 aromatic carbocycles. The Bertz CT molecular complexity index is 1340. The van der Waals surface area contributed by atoms with Crippen molar-refractivity contribution < 1.29 is 18.7 Å². The number of esters is 1. The second-order valence-electron chi connectivity index (χ2n) is 9.95. The molecule has 1 aliphatic carbocycles. The Morgan fingerprint density at radius 2 is 1.87 bits per heavy atom. The molecule has 198 valence electrons. The maximum absolute atomic E-state index is 13.4. The van der Waals surface area contributed by atoms with E-state index in [2.05, 4.69) is 45.5 Å². The zero-order chi connectivity index (χ0) is 26.5. The number of carbonyl (C=O) groups excluding carboxylic acids is 1. The van der Waals surface area contributed by atoms with Crippen LogP contribution in [-0.2, 0) is 22.4 Å². The molecule has 0 aromatic heterocycles. The van der Waals surface area contributed by atoms with Gasteiger partial charge in [0, 0.05) is 24.1 Å². The molecule has 4 nitrogen and oxygen atoms in total. The van der Waals surface area contributed by atoms with Crippen LogP contribution in [0.2, 0.25) is 5.02 Å². The summed E-state index contributed by atoms with van der Waals surface area (Å²) in [6.07, 6.45) is 4.77. The molecule has 1 heterocycles. The van der Waals surface area contributed by atoms with E-state index in [0.29, 0.717) is 35.9 Å². The van der Waals surface area contributed by atoms with Crippen molar-refractivity contribution in [3.63, 3.8) is 0 Å². The van der Waals surface area contributed by atoms with E-state index in [4.69, 9.17) is 21.1 Å². The zero-order valence-electron chi connectivity index (χ0n) is 21.1. The number of hydrogen-bond donors (Lipinski definition) is 1. The van der Waals surface area contributed by atoms with E-state index < -0.39 is 5.60 Å². The molecule has 7 heteroatoms. The number of benzene rings is 3. The first-order valence-electron chi connectivity index (χ1n) is 13.0. The Hall–Kier alpha value is -2.67. The maximum atomic E-state index is 13.4. The van der Waals surface area contributed by atoms with Crippen molar-refractivity contribution in [2.75, 3.05) is 19.7 Å². The molecule has 0 unspecified atom stereocenters. The summed E-state index contributed by atoms with van der Waals surface area (Å²) in [4.78, 5) is 13.3. The van der Waals surface area contributed by atoms with Gasteiger partial charge < -0.3 is 14.8 Å². The van der Waals surface area contributed by atoms with Gasteiger partial charge in [0.2, 0.25) is 0 Å². The van der Waals surface area contributed by atoms with Gasteiger partial charge in [0.25, 0.3) is 0 Å². The molecule has 5 rings (SSSR count). The minimum Gasteiger partial charge on any atom is -0.492 e. The van der Waals surface area contributed by atoms with Crippen molar-refractivity contribution in [3.05, 3.63) is 104 Å². The Labute approximate surface area is 236 Å². The summed E-state index contributed by atoms with van der Waals surface area (Å²) >= 11 is 9.74. The molecule has 1 N–H and O–H groups in total. The fourth-order valence-electron chi connectivity index (χ4n) is 4.82. The van der Waals surface area contributed by atoms with Gasteiger partial charge in [-0.15, -0.1) is 0 Å². The summed E-state index contributed by atoms with van der Waals surface area (Å²) in [7, 11) is 0. The molecular formula is C31H30BrClFNO3. The molecular weight excluding hydrogens is 569 g/mol. The lowest BCUT2D eigenvalue weighted by atomic mass is 9.93. The third-order valence-corrected chi connectivity index (χ3v) is 8.14. The minimum atomic E-state index is -0.454. The predicted octanol–water partition coefficient (Wildman–Crippen LogP) is 7.32. The van der Waals surface area contributed by atoms with Gasteiger partial charge in [-0.25, -0.2) is 9.18 Å². The van der Waals surface area contributed by atoms with Gasteiger partial charge in [0.05, 0.1) is 16.7 Å². The number of nitrogens with one attached hydrogen (secondary N) is 1. The van der Waals surface area contributed by atoms with E-state index in [1.54, 1.807) is 6.07 Å². The van der Waals surface area contributed by atoms with Crippen LogP contribution < -0.4 is 10.1 Å². The monoisotopic (exact) mass is 597 g/mol. The first-order valence-corrected chi connectivity index (χ1v) is 14.2. The number of rotatable bonds is 10. The van der Waals surface area contributed by atoms with Crippen LogP contribution in [0.3, 0.4) is 0 Å². The summed E-state index contributed by atoms with van der Waals surface area (Å²) in [5.74, 6) is -0.0407. The first kappa shape index (κ1) is 26.9. The highest BCUT2D eigenvalue weighted by molar-refractivity contribution is 9.10. The summed E-state index contributed by atoms with van der Waals surface area (Å²) in [5, 5.41) is 4.04. The smallest absolute Gasteiger partial charge is 0.336 e. The highest BCUT2D eigenvalue weighted by Crippen LogP contribution is 2.44. The third kappa shape index (κ3) is 6.66. The van der Waals surface area contributed by atoms with Crippen molar-refractivity contribution >= 4 is 39.1 Å². The highest BCUT2D eigenvalue weighted by Gasteiger charge is 2.47. The quantitative estimate of drug-likeness (QED) is 0.196. The summed E-state index contributed by atoms with van der Waals surface area (Å²) < 4.78 is 26.0. The number of hydrogen-bond acceptors (Lipinski definition) is 4. The van der Waals surface area contributed by atoms with Crippen LogP contribution in [0.4, 0.5) is 4.39 Å². The first-order chi connectivity index (χ1) is 18.4. The van der Waals surface area contributed by atoms with E-state index in [-0.39, 0.29) is 11.8 Å². The van der Waals surface area contributed by atoms with E-state index in [1.165, 1.54) is 17.7 Å². The van der Waals surface area contributed by atoms with Crippen LogP contribution in [0.5, 0.6) is 5.75 Å². The molecule has 3 aromatic rings. The SMILES string of the molecule is O=C(OC1(Cc2ccccc2Cl)CC1)C1=C(c2ccc(CCCOc3cc(F)ccc3Br)cc2)CCNC1. The predicted molar refractivity (Wildman–Crippen MR) is 152 cm³/mol. The van der Waals surface area contributed by atoms with Crippen molar-refractivity contribution in [2.45, 2.75) is 44.1 Å². The fourth-order valence-corrected chi connectivity index (χ4v) is 5.38. The lowest BCUT2D eigenvalue weighted by Gasteiger charge is -2.24. The van der Waals surface area contributed by atoms with Gasteiger partial charge in [-0.1, -0.05) is 54.1 Å². The number of halogens is 3. The van der Waals surface area contributed by atoms with E-state index >= 15 is 0 Å². The minimum absolute atomic E-state index is 0.235. The van der Waals surface area contributed by atoms with Gasteiger partial charge in [0.1, 0.15) is 17.2 Å². The average Bonchev–Trinajstić information content (AvgIpc) is 3.69. The van der Waals surface area contributed by atoms with Crippen LogP contribution in [0.1, 0.15) is 42.4 Å². The summed E-state index contributed by atoms with van der Waals surface area (Å²) in [6.45, 7) is 1.82. The van der Waals surface area contributed by atoms with Crippen molar-refractivity contribution in [2.24, 2.45) is 0 Å². The second kappa shape index (κ2) is 12.0. The molecule has 0 radical (unpaired) electrons. The Kier molecular flexibility index (Phi) is 8.51. The lowest BCUT2D eigenvalue weighted by Crippen LogP contribution is -2.32. The molecule has 0 atom stereocenters. The van der Waals surface area contributed by atoms with Crippen LogP contribution in [0.25, 0.3) is 5.57 Å². The molecule has 0 spiro atoms. The fraction of sp³-hybridized carbons (Fsp3) is 0.323. The van der Waals surface area contributed by atoms with Crippen molar-refractivity contribution in [1.29, 1.82) is 0 Å². The maximum Gasteiger partial charge on any atom is 0.336 e. The number of aryl methyl sites for hydroxylation is 1. The zero-order valence-corrected chi connectivity index (χ0v) is 23.4. The molecule has 0 bridgehead atoms. The largest absolute Gasteiger partial charge is 0.492 e. The van der Waals surface area contributed by atoms with Crippen LogP contribution in [0, 0.1) is 5.82 Å². The lowest BCUT2D eigenvalue weighted by molar-refractivity contribution is -0.146. The van der Waals surface area contributed by atoms with E-state index in [0.717, 1.165) is 59.8 Å². The molecule has 1 fully saturated rings. The Balaban J connectivity index is 1.20. The molecule has 2 aliphatic rings. The molecule has 38 heavy (non-hydrogen) atoms. The molecule has 0 amide bonds. The average molecular weight is 599 g/mol. The highest BCUT2D eigenvalue weighted by atomic mass is 79.9. The molecule has 1 saturated carbocycles. The van der Waals surface area contributed by atoms with Gasteiger partial charge in [-0.05, 0) is 95.0 Å². The standard InChI is InChI=1S/C31H30BrClFNO3/c32-27-12-11-24(34)18-29(27)37-17-3-4-21-7-9-22(10-8-21)25-13-16-35-20-26(25)30(36)38-31(14-15-31)19-23-5-1-2-6-28(23)33/h1-2,5-12,18,35H,3-4,13-17,19-20H2. The molecule has 0 saturated heterocycles. The van der Waals surface area contributed by atoms with Gasteiger partial charge in [0.15, 0.2) is 0 Å². The van der Waals surface area contributed by atoms with Crippen molar-refractivity contribution in [3.8, 4) is 5.75 Å². The van der Waals surface area contributed by atoms with Crippen LogP contribution in [0.15, 0.2) is 76.8 Å². The summed E-state index contributed by atoms with van der Waals surface area (Å²) in [6, 6.07) is 20.6. The normalized spacial score (nSPS) is 16.3. The van der Waals surface area contributed by atoms with Crippen LogP contribution >= 0.6 is 27.5 Å². The van der Waals surface area contributed by atoms with E-state index in [9.17, 15) is 9.18 Å². The van der Waals surface area contributed by atoms with Gasteiger partial charge >= 0.3 is 5.97 Å². The third-order valence-electron chi connectivity index (χ3n) is 7.11. The second-order valence-corrected chi connectivity index (χ2v) is 11.2. The molecule has 1 aliphatic heterocycles. The van der Waals surface area contributed by atoms with E-state index in [1.807, 2.05) is 24.3 Å². The Morgan fingerprint density at radius 3 is 2.63 bits per heavy atom.